The fourth-order valence-corrected chi connectivity index (χ4v) is 4.36. The summed E-state index contributed by atoms with van der Waals surface area (Å²) in [5, 5.41) is 5.15. The van der Waals surface area contributed by atoms with Gasteiger partial charge in [0.1, 0.15) is 5.75 Å². The number of carbonyl (C=O) groups is 1. The highest BCUT2D eigenvalue weighted by Crippen LogP contribution is 2.26. The summed E-state index contributed by atoms with van der Waals surface area (Å²) in [5.74, 6) is 1.02. The monoisotopic (exact) mass is 423 g/mol. The molecule has 3 aromatic rings. The second-order valence-electron chi connectivity index (χ2n) is 7.22. The predicted molar refractivity (Wildman–Crippen MR) is 117 cm³/mol. The summed E-state index contributed by atoms with van der Waals surface area (Å²) < 4.78 is 11.4. The summed E-state index contributed by atoms with van der Waals surface area (Å²) in [6.45, 7) is 5.04. The van der Waals surface area contributed by atoms with Gasteiger partial charge in [-0.3, -0.25) is 9.69 Å². The van der Waals surface area contributed by atoms with Crippen molar-refractivity contribution in [2.75, 3.05) is 26.2 Å². The van der Waals surface area contributed by atoms with E-state index < -0.39 is 0 Å². The van der Waals surface area contributed by atoms with Crippen molar-refractivity contribution in [3.63, 3.8) is 0 Å². The van der Waals surface area contributed by atoms with Crippen LogP contribution in [0.15, 0.2) is 66.2 Å². The van der Waals surface area contributed by atoms with Gasteiger partial charge in [-0.2, -0.15) is 0 Å². The molecule has 2 atom stereocenters. The number of hydrogen-bond donors (Lipinski definition) is 1. The third-order valence-electron chi connectivity index (χ3n) is 5.00. The summed E-state index contributed by atoms with van der Waals surface area (Å²) in [5.41, 5.74) is 0.510. The number of amides is 1. The van der Waals surface area contributed by atoms with Gasteiger partial charge in [0.25, 0.3) is 5.91 Å². The lowest BCUT2D eigenvalue weighted by molar-refractivity contribution is -0.0336. The van der Waals surface area contributed by atoms with Crippen LogP contribution < -0.4 is 10.1 Å². The Morgan fingerprint density at radius 1 is 1.27 bits per heavy atom. The zero-order valence-electron chi connectivity index (χ0n) is 16.9. The van der Waals surface area contributed by atoms with Crippen LogP contribution >= 0.6 is 11.3 Å². The van der Waals surface area contributed by atoms with Crippen LogP contribution in [0.1, 0.15) is 28.2 Å². The zero-order chi connectivity index (χ0) is 20.8. The molecule has 1 fully saturated rings. The fourth-order valence-electron chi connectivity index (χ4n) is 3.49. The van der Waals surface area contributed by atoms with E-state index in [1.54, 1.807) is 29.7 Å². The Morgan fingerprint density at radius 3 is 2.83 bits per heavy atom. The van der Waals surface area contributed by atoms with Gasteiger partial charge in [0.15, 0.2) is 0 Å². The molecule has 1 aliphatic rings. The maximum absolute atomic E-state index is 12.7. The molecule has 0 bridgehead atoms. The summed E-state index contributed by atoms with van der Waals surface area (Å²) >= 11 is 1.71. The molecule has 1 aliphatic heterocycles. The Kier molecular flexibility index (Phi) is 6.74. The first kappa shape index (κ1) is 20.5. The van der Waals surface area contributed by atoms with Crippen molar-refractivity contribution < 1.29 is 14.3 Å². The van der Waals surface area contributed by atoms with Crippen LogP contribution in [0.4, 0.5) is 0 Å². The Labute approximate surface area is 180 Å². The summed E-state index contributed by atoms with van der Waals surface area (Å²) in [6.07, 6.45) is 1.74. The average Bonchev–Trinajstić information content (AvgIpc) is 3.30. The van der Waals surface area contributed by atoms with Gasteiger partial charge in [-0.1, -0.05) is 24.3 Å². The van der Waals surface area contributed by atoms with Gasteiger partial charge in [0, 0.05) is 36.8 Å². The van der Waals surface area contributed by atoms with Gasteiger partial charge in [-0.25, -0.2) is 4.98 Å². The highest BCUT2D eigenvalue weighted by molar-refractivity contribution is 7.10. The topological polar surface area (TPSA) is 63.7 Å². The second kappa shape index (κ2) is 9.84. The maximum atomic E-state index is 12.7. The molecule has 30 heavy (non-hydrogen) atoms. The number of thiophene rings is 1. The number of aromatic nitrogens is 1. The highest BCUT2D eigenvalue weighted by atomic mass is 32.1. The van der Waals surface area contributed by atoms with Gasteiger partial charge in [0.05, 0.1) is 24.3 Å². The number of nitrogens with zero attached hydrogens (tertiary/aromatic N) is 2. The number of para-hydroxylation sites is 1. The van der Waals surface area contributed by atoms with Gasteiger partial charge in [-0.05, 0) is 36.6 Å². The van der Waals surface area contributed by atoms with E-state index in [-0.39, 0.29) is 18.1 Å². The molecule has 156 valence electrons. The third-order valence-corrected chi connectivity index (χ3v) is 5.98. The predicted octanol–water partition coefficient (Wildman–Crippen LogP) is 4.13. The largest absolute Gasteiger partial charge is 0.439 e. The van der Waals surface area contributed by atoms with E-state index in [9.17, 15) is 4.79 Å². The summed E-state index contributed by atoms with van der Waals surface area (Å²) in [4.78, 5) is 20.6. The van der Waals surface area contributed by atoms with Crippen LogP contribution in [-0.2, 0) is 4.74 Å². The molecule has 7 heteroatoms. The first-order valence-electron chi connectivity index (χ1n) is 10.1. The molecule has 0 aliphatic carbocycles. The van der Waals surface area contributed by atoms with Crippen molar-refractivity contribution in [3.8, 4) is 11.6 Å². The number of carbonyl (C=O) groups excluding carboxylic acids is 1. The maximum Gasteiger partial charge on any atom is 0.252 e. The quantitative estimate of drug-likeness (QED) is 0.619. The average molecular weight is 424 g/mol. The summed E-state index contributed by atoms with van der Waals surface area (Å²) in [7, 11) is 0. The number of benzene rings is 1. The van der Waals surface area contributed by atoms with Crippen LogP contribution in [0.25, 0.3) is 0 Å². The molecule has 1 N–H and O–H groups in total. The minimum atomic E-state index is -0.142. The van der Waals surface area contributed by atoms with Crippen LogP contribution in [0, 0.1) is 0 Å². The molecule has 0 radical (unpaired) electrons. The van der Waals surface area contributed by atoms with Crippen molar-refractivity contribution in [1.29, 1.82) is 0 Å². The molecule has 1 aromatic carbocycles. The Balaban J connectivity index is 1.38. The molecule has 0 unspecified atom stereocenters. The number of ether oxygens (including phenoxy) is 2. The highest BCUT2D eigenvalue weighted by Gasteiger charge is 2.26. The standard InChI is InChI=1S/C23H25N3O3S/c1-17-16-26(11-12-28-17)20(21-8-5-13-30-21)15-25-23(27)18-9-10-22(24-14-18)29-19-6-3-2-4-7-19/h2-10,13-14,17,20H,11-12,15-16H2,1H3,(H,25,27)/t17-,20-/m1/s1. The first-order valence-corrected chi connectivity index (χ1v) is 10.9. The SMILES string of the molecule is C[C@@H]1CN([C@H](CNC(=O)c2ccc(Oc3ccccc3)nc2)c2cccs2)CCO1. The lowest BCUT2D eigenvalue weighted by atomic mass is 10.1. The van der Waals surface area contributed by atoms with E-state index in [0.717, 1.165) is 13.1 Å². The number of pyridine rings is 1. The molecular weight excluding hydrogens is 398 g/mol. The van der Waals surface area contributed by atoms with E-state index in [1.807, 2.05) is 36.4 Å². The van der Waals surface area contributed by atoms with Crippen LogP contribution in [0.2, 0.25) is 0 Å². The van der Waals surface area contributed by atoms with Crippen LogP contribution in [0.3, 0.4) is 0 Å². The van der Waals surface area contributed by atoms with Crippen molar-refractivity contribution >= 4 is 17.2 Å². The normalized spacial score (nSPS) is 18.0. The molecule has 4 rings (SSSR count). The fraction of sp³-hybridized carbons (Fsp3) is 0.304. The van der Waals surface area contributed by atoms with Crippen molar-refractivity contribution in [1.82, 2.24) is 15.2 Å². The molecule has 0 spiro atoms. The Bertz CT molecular complexity index is 932. The van der Waals surface area contributed by atoms with Crippen molar-refractivity contribution in [2.45, 2.75) is 19.1 Å². The van der Waals surface area contributed by atoms with Gasteiger partial charge >= 0.3 is 0 Å². The molecule has 1 amide bonds. The van der Waals surface area contributed by atoms with E-state index >= 15 is 0 Å². The first-order chi connectivity index (χ1) is 14.7. The smallest absolute Gasteiger partial charge is 0.252 e. The minimum Gasteiger partial charge on any atom is -0.439 e. The van der Waals surface area contributed by atoms with E-state index in [1.165, 1.54) is 4.88 Å². The van der Waals surface area contributed by atoms with E-state index in [2.05, 4.69) is 33.6 Å². The lowest BCUT2D eigenvalue weighted by Gasteiger charge is -2.37. The van der Waals surface area contributed by atoms with E-state index in [4.69, 9.17) is 9.47 Å². The number of morpholine rings is 1. The van der Waals surface area contributed by atoms with Crippen molar-refractivity contribution in [2.24, 2.45) is 0 Å². The molecule has 2 aromatic heterocycles. The van der Waals surface area contributed by atoms with Crippen LogP contribution in [0.5, 0.6) is 11.6 Å². The molecule has 0 saturated carbocycles. The summed E-state index contributed by atoms with van der Waals surface area (Å²) in [6, 6.07) is 17.2. The van der Waals surface area contributed by atoms with Gasteiger partial charge in [-0.15, -0.1) is 11.3 Å². The molecule has 1 saturated heterocycles. The minimum absolute atomic E-state index is 0.133. The molecular formula is C23H25N3O3S. The van der Waals surface area contributed by atoms with E-state index in [0.29, 0.717) is 30.3 Å². The molecule has 6 nitrogen and oxygen atoms in total. The molecule has 3 heterocycles. The van der Waals surface area contributed by atoms with Gasteiger partial charge < -0.3 is 14.8 Å². The lowest BCUT2D eigenvalue weighted by Crippen LogP contribution is -2.46. The van der Waals surface area contributed by atoms with Crippen LogP contribution in [-0.4, -0.2) is 48.1 Å². The third kappa shape index (κ3) is 5.24. The number of nitrogens with one attached hydrogen (secondary N) is 1. The van der Waals surface area contributed by atoms with Gasteiger partial charge in [0.2, 0.25) is 5.88 Å². The Morgan fingerprint density at radius 2 is 2.13 bits per heavy atom. The Hall–Kier alpha value is -2.74. The number of hydrogen-bond acceptors (Lipinski definition) is 6. The number of rotatable bonds is 7. The second-order valence-corrected chi connectivity index (χ2v) is 8.20. The van der Waals surface area contributed by atoms with Crippen molar-refractivity contribution in [3.05, 3.63) is 76.6 Å². The zero-order valence-corrected chi connectivity index (χ0v) is 17.7.